The van der Waals surface area contributed by atoms with Gasteiger partial charge in [-0.1, -0.05) is 0 Å². The van der Waals surface area contributed by atoms with Gasteiger partial charge in [-0.3, -0.25) is 4.68 Å². The lowest BCUT2D eigenvalue weighted by molar-refractivity contribution is -0.142. The molecule has 0 aromatic carbocycles. The highest BCUT2D eigenvalue weighted by molar-refractivity contribution is 14.1. The van der Waals surface area contributed by atoms with Gasteiger partial charge < -0.3 is 4.74 Å². The van der Waals surface area contributed by atoms with Crippen molar-refractivity contribution >= 4 is 28.6 Å². The Kier molecular flexibility index (Phi) is 3.58. The molecule has 0 spiro atoms. The van der Waals surface area contributed by atoms with Crippen molar-refractivity contribution in [1.82, 2.24) is 9.78 Å². The average Bonchev–Trinajstić information content (AvgIpc) is 2.42. The molecule has 8 heteroatoms. The summed E-state index contributed by atoms with van der Waals surface area (Å²) in [5.41, 5.74) is 0.0300. The van der Waals surface area contributed by atoms with Gasteiger partial charge in [-0.25, -0.2) is 4.79 Å². The van der Waals surface area contributed by atoms with E-state index in [0.29, 0.717) is 4.68 Å². The third kappa shape index (κ3) is 3.36. The van der Waals surface area contributed by atoms with Gasteiger partial charge in [-0.05, 0) is 22.6 Å². The minimum absolute atomic E-state index is 0.0300. The van der Waals surface area contributed by atoms with E-state index in [9.17, 15) is 18.0 Å². The van der Waals surface area contributed by atoms with E-state index in [2.05, 4.69) is 9.84 Å². The quantitative estimate of drug-likeness (QED) is 0.612. The Bertz CT molecular complexity index is 375. The largest absolute Gasteiger partial charge is 0.465 e. The lowest BCUT2D eigenvalue weighted by Crippen LogP contribution is -2.18. The zero-order valence-electron chi connectivity index (χ0n) is 7.51. The topological polar surface area (TPSA) is 44.1 Å². The maximum atomic E-state index is 12.0. The number of rotatable bonds is 2. The van der Waals surface area contributed by atoms with E-state index in [0.717, 1.165) is 13.3 Å². The third-order valence-electron chi connectivity index (χ3n) is 1.46. The summed E-state index contributed by atoms with van der Waals surface area (Å²) in [6.07, 6.45) is -3.34. The molecule has 0 radical (unpaired) electrons. The van der Waals surface area contributed by atoms with Crippen molar-refractivity contribution < 1.29 is 22.7 Å². The van der Waals surface area contributed by atoms with E-state index in [1.54, 1.807) is 22.6 Å². The number of halogens is 4. The van der Waals surface area contributed by atoms with Crippen LogP contribution in [-0.2, 0) is 11.3 Å². The number of hydrogen-bond acceptors (Lipinski definition) is 3. The van der Waals surface area contributed by atoms with Gasteiger partial charge in [0.25, 0.3) is 0 Å². The van der Waals surface area contributed by atoms with Gasteiger partial charge in [0.1, 0.15) is 15.8 Å². The van der Waals surface area contributed by atoms with Crippen molar-refractivity contribution in [2.45, 2.75) is 12.7 Å². The van der Waals surface area contributed by atoms with Crippen molar-refractivity contribution in [3.63, 3.8) is 0 Å². The van der Waals surface area contributed by atoms with Gasteiger partial charge in [0, 0.05) is 6.20 Å². The Morgan fingerprint density at radius 1 is 1.67 bits per heavy atom. The maximum absolute atomic E-state index is 12.0. The van der Waals surface area contributed by atoms with Crippen LogP contribution >= 0.6 is 22.6 Å². The summed E-state index contributed by atoms with van der Waals surface area (Å²) in [6.45, 7) is -1.22. The Morgan fingerprint density at radius 3 is 2.73 bits per heavy atom. The highest BCUT2D eigenvalue weighted by atomic mass is 127. The molecule has 1 rings (SSSR count). The highest BCUT2D eigenvalue weighted by Gasteiger charge is 2.29. The van der Waals surface area contributed by atoms with Crippen molar-refractivity contribution in [3.05, 3.63) is 15.5 Å². The smallest absolute Gasteiger partial charge is 0.408 e. The van der Waals surface area contributed by atoms with E-state index in [1.165, 1.54) is 0 Å². The second-order valence-corrected chi connectivity index (χ2v) is 3.66. The molecule has 0 bridgehead atoms. The summed E-state index contributed by atoms with van der Waals surface area (Å²) >= 11 is 1.67. The van der Waals surface area contributed by atoms with Crippen LogP contribution in [0.4, 0.5) is 13.2 Å². The molecule has 0 aliphatic heterocycles. The standard InChI is InChI=1S/C7H6F3IN2O2/c1-15-6(14)4-2-13(12-5(4)11)3-7(8,9)10/h2H,3H2,1H3. The summed E-state index contributed by atoms with van der Waals surface area (Å²) < 4.78 is 41.2. The minimum atomic E-state index is -4.36. The molecule has 0 aliphatic rings. The number of esters is 1. The Labute approximate surface area is 96.5 Å². The molecule has 0 N–H and O–H groups in total. The van der Waals surface area contributed by atoms with Gasteiger partial charge in [0.15, 0.2) is 0 Å². The van der Waals surface area contributed by atoms with Gasteiger partial charge in [-0.2, -0.15) is 18.3 Å². The van der Waals surface area contributed by atoms with Crippen LogP contribution in [0.5, 0.6) is 0 Å². The lowest BCUT2D eigenvalue weighted by Gasteiger charge is -2.04. The van der Waals surface area contributed by atoms with Crippen molar-refractivity contribution in [1.29, 1.82) is 0 Å². The van der Waals surface area contributed by atoms with E-state index >= 15 is 0 Å². The Hall–Kier alpha value is -0.800. The van der Waals surface area contributed by atoms with Crippen LogP contribution in [0.1, 0.15) is 10.4 Å². The Morgan fingerprint density at radius 2 is 2.27 bits per heavy atom. The summed E-state index contributed by atoms with van der Waals surface area (Å²) in [5.74, 6) is -0.701. The van der Waals surface area contributed by atoms with Crippen molar-refractivity contribution in [3.8, 4) is 0 Å². The van der Waals surface area contributed by atoms with Gasteiger partial charge in [0.05, 0.1) is 7.11 Å². The molecule has 0 atom stereocenters. The molecule has 0 saturated carbocycles. The SMILES string of the molecule is COC(=O)c1cn(CC(F)(F)F)nc1I. The fourth-order valence-corrected chi connectivity index (χ4v) is 1.55. The molecular weight excluding hydrogens is 328 g/mol. The summed E-state index contributed by atoms with van der Waals surface area (Å²) in [4.78, 5) is 11.1. The molecular formula is C7H6F3IN2O2. The zero-order chi connectivity index (χ0) is 11.6. The first kappa shape index (κ1) is 12.3. The summed E-state index contributed by atoms with van der Waals surface area (Å²) in [5, 5.41) is 3.55. The molecule has 0 amide bonds. The van der Waals surface area contributed by atoms with E-state index in [4.69, 9.17) is 0 Å². The molecule has 0 unspecified atom stereocenters. The summed E-state index contributed by atoms with van der Waals surface area (Å²) in [6, 6.07) is 0. The molecule has 1 heterocycles. The monoisotopic (exact) mass is 334 g/mol. The van der Waals surface area contributed by atoms with Crippen LogP contribution in [0.15, 0.2) is 6.20 Å². The van der Waals surface area contributed by atoms with Crippen LogP contribution < -0.4 is 0 Å². The van der Waals surface area contributed by atoms with Crippen molar-refractivity contribution in [2.24, 2.45) is 0 Å². The van der Waals surface area contributed by atoms with Crippen LogP contribution in [-0.4, -0.2) is 29.0 Å². The van der Waals surface area contributed by atoms with E-state index < -0.39 is 18.7 Å². The van der Waals surface area contributed by atoms with Crippen LogP contribution in [0, 0.1) is 3.70 Å². The molecule has 0 aliphatic carbocycles. The second kappa shape index (κ2) is 4.37. The second-order valence-electron chi connectivity index (χ2n) is 2.64. The Balaban J connectivity index is 2.91. The normalized spacial score (nSPS) is 11.5. The number of aromatic nitrogens is 2. The molecule has 1 aromatic heterocycles. The third-order valence-corrected chi connectivity index (χ3v) is 2.26. The van der Waals surface area contributed by atoms with Gasteiger partial charge in [-0.15, -0.1) is 0 Å². The first-order valence-corrected chi connectivity index (χ1v) is 4.79. The molecule has 1 aromatic rings. The number of hydrogen-bond donors (Lipinski definition) is 0. The molecule has 84 valence electrons. The maximum Gasteiger partial charge on any atom is 0.408 e. The lowest BCUT2D eigenvalue weighted by atomic mass is 10.4. The van der Waals surface area contributed by atoms with E-state index in [1.807, 2.05) is 0 Å². The molecule has 0 saturated heterocycles. The van der Waals surface area contributed by atoms with Gasteiger partial charge in [0.2, 0.25) is 0 Å². The van der Waals surface area contributed by atoms with E-state index in [-0.39, 0.29) is 9.26 Å². The fourth-order valence-electron chi connectivity index (χ4n) is 0.909. The first-order valence-electron chi connectivity index (χ1n) is 3.71. The number of methoxy groups -OCH3 is 1. The number of alkyl halides is 3. The van der Waals surface area contributed by atoms with Crippen LogP contribution in [0.2, 0.25) is 0 Å². The summed E-state index contributed by atoms with van der Waals surface area (Å²) in [7, 11) is 1.15. The molecule has 15 heavy (non-hydrogen) atoms. The minimum Gasteiger partial charge on any atom is -0.465 e. The molecule has 4 nitrogen and oxygen atoms in total. The number of ether oxygens (including phenoxy) is 1. The number of carbonyl (C=O) groups is 1. The predicted octanol–water partition coefficient (Wildman–Crippen LogP) is 1.84. The first-order chi connectivity index (χ1) is 6.83. The fraction of sp³-hybridized carbons (Fsp3) is 0.429. The number of nitrogens with zero attached hydrogens (tertiary/aromatic N) is 2. The van der Waals surface area contributed by atoms with Crippen molar-refractivity contribution in [2.75, 3.05) is 7.11 Å². The average molecular weight is 334 g/mol. The van der Waals surface area contributed by atoms with Gasteiger partial charge >= 0.3 is 12.1 Å². The number of carbonyl (C=O) groups excluding carboxylic acids is 1. The highest BCUT2D eigenvalue weighted by Crippen LogP contribution is 2.19. The van der Waals surface area contributed by atoms with Crippen LogP contribution in [0.25, 0.3) is 0 Å². The van der Waals surface area contributed by atoms with Crippen LogP contribution in [0.3, 0.4) is 0 Å². The zero-order valence-corrected chi connectivity index (χ0v) is 9.66. The predicted molar refractivity (Wildman–Crippen MR) is 52.3 cm³/mol. The molecule has 0 fully saturated rings.